The zero-order chi connectivity index (χ0) is 27.7. The minimum atomic E-state index is -1.40. The summed E-state index contributed by atoms with van der Waals surface area (Å²) in [6.45, 7) is -0.153. The van der Waals surface area contributed by atoms with Crippen molar-refractivity contribution in [1.82, 2.24) is 9.99 Å². The third-order valence-electron chi connectivity index (χ3n) is 5.44. The first-order chi connectivity index (χ1) is 18.8. The quantitative estimate of drug-likeness (QED) is 0.309. The smallest absolute Gasteiger partial charge is 0.371 e. The Morgan fingerprint density at radius 2 is 1.92 bits per heavy atom. The monoisotopic (exact) mass is 559 g/mol. The first kappa shape index (κ1) is 25.9. The number of hydrogen-bond donors (Lipinski definition) is 1. The molecule has 1 N–H and O–H groups in total. The zero-order valence-electron chi connectivity index (χ0n) is 19.8. The maximum atomic E-state index is 14.5. The van der Waals surface area contributed by atoms with E-state index in [0.29, 0.717) is 17.7 Å². The Labute approximate surface area is 221 Å². The van der Waals surface area contributed by atoms with E-state index < -0.39 is 40.3 Å². The Bertz CT molecular complexity index is 1570. The fourth-order valence-corrected chi connectivity index (χ4v) is 4.86. The van der Waals surface area contributed by atoms with Crippen molar-refractivity contribution in [2.24, 2.45) is 5.10 Å². The highest BCUT2D eigenvalue weighted by atomic mass is 32.2. The third kappa shape index (κ3) is 5.05. The number of furan rings is 1. The van der Waals surface area contributed by atoms with E-state index in [1.165, 1.54) is 25.4 Å². The van der Waals surface area contributed by atoms with Crippen LogP contribution in [0.2, 0.25) is 0 Å². The van der Waals surface area contributed by atoms with Gasteiger partial charge in [-0.3, -0.25) is 4.79 Å². The van der Waals surface area contributed by atoms with Gasteiger partial charge in [0.15, 0.2) is 28.7 Å². The van der Waals surface area contributed by atoms with Crippen molar-refractivity contribution in [3.8, 4) is 11.5 Å². The first-order valence-corrected chi connectivity index (χ1v) is 11.9. The van der Waals surface area contributed by atoms with Gasteiger partial charge in [0, 0.05) is 17.7 Å². The van der Waals surface area contributed by atoms with Gasteiger partial charge in [-0.15, -0.1) is 0 Å². The number of oxazole rings is 1. The van der Waals surface area contributed by atoms with Crippen LogP contribution in [-0.2, 0) is 6.61 Å². The number of aromatic carboxylic acids is 1. The second kappa shape index (κ2) is 10.6. The van der Waals surface area contributed by atoms with E-state index in [1.807, 2.05) is 0 Å². The van der Waals surface area contributed by atoms with Crippen molar-refractivity contribution in [1.29, 1.82) is 0 Å². The molecule has 0 fully saturated rings. The molecule has 0 saturated heterocycles. The summed E-state index contributed by atoms with van der Waals surface area (Å²) in [6.07, 6.45) is 2.50. The second-order valence-corrected chi connectivity index (χ2v) is 8.94. The van der Waals surface area contributed by atoms with Gasteiger partial charge in [0.1, 0.15) is 40.8 Å². The van der Waals surface area contributed by atoms with Crippen molar-refractivity contribution >= 4 is 28.7 Å². The Hall–Kier alpha value is -4.72. The number of carbonyl (C=O) groups excluding carboxylic acids is 1. The number of rotatable bonds is 8. The molecule has 1 aliphatic rings. The number of para-hydroxylation sites is 1. The molecule has 5 rings (SSSR count). The lowest BCUT2D eigenvalue weighted by molar-refractivity contribution is 0.0657. The number of ether oxygens (including phenoxy) is 2. The highest BCUT2D eigenvalue weighted by molar-refractivity contribution is 8.14. The average molecular weight is 559 g/mol. The van der Waals surface area contributed by atoms with E-state index in [-0.39, 0.29) is 40.4 Å². The topological polar surface area (TPSA) is 128 Å². The Morgan fingerprint density at radius 3 is 2.56 bits per heavy atom. The fourth-order valence-electron chi connectivity index (χ4n) is 3.75. The van der Waals surface area contributed by atoms with Gasteiger partial charge in [-0.05, 0) is 18.2 Å². The van der Waals surface area contributed by atoms with Crippen LogP contribution >= 0.6 is 11.8 Å². The van der Waals surface area contributed by atoms with E-state index in [0.717, 1.165) is 23.2 Å². The largest absolute Gasteiger partial charge is 0.492 e. The number of hydrazone groups is 1. The highest BCUT2D eigenvalue weighted by Crippen LogP contribution is 2.47. The summed E-state index contributed by atoms with van der Waals surface area (Å²) in [5, 5.41) is 13.2. The van der Waals surface area contributed by atoms with Crippen LogP contribution in [0.4, 0.5) is 13.2 Å². The molecule has 0 bridgehead atoms. The summed E-state index contributed by atoms with van der Waals surface area (Å²) in [4.78, 5) is 28.3. The van der Waals surface area contributed by atoms with Gasteiger partial charge in [0.25, 0.3) is 5.91 Å². The van der Waals surface area contributed by atoms with Crippen LogP contribution in [0, 0.1) is 17.5 Å². The molecule has 10 nitrogen and oxygen atoms in total. The zero-order valence-corrected chi connectivity index (χ0v) is 20.6. The van der Waals surface area contributed by atoms with Gasteiger partial charge in [-0.2, -0.15) is 5.10 Å². The minimum Gasteiger partial charge on any atom is -0.492 e. The number of carbonyl (C=O) groups is 2. The van der Waals surface area contributed by atoms with Crippen LogP contribution in [0.5, 0.6) is 11.5 Å². The van der Waals surface area contributed by atoms with Crippen molar-refractivity contribution < 1.29 is 46.2 Å². The van der Waals surface area contributed by atoms with Gasteiger partial charge in [0.2, 0.25) is 5.76 Å². The van der Waals surface area contributed by atoms with Crippen molar-refractivity contribution in [3.05, 3.63) is 101 Å². The number of carboxylic acids is 1. The number of halogens is 3. The van der Waals surface area contributed by atoms with E-state index >= 15 is 0 Å². The van der Waals surface area contributed by atoms with Crippen LogP contribution in [0.25, 0.3) is 0 Å². The Balaban J connectivity index is 1.51. The molecule has 2 aromatic carbocycles. The molecule has 3 heterocycles. The van der Waals surface area contributed by atoms with Crippen LogP contribution in [0.1, 0.15) is 43.4 Å². The predicted octanol–water partition coefficient (Wildman–Crippen LogP) is 5.22. The Morgan fingerprint density at radius 1 is 1.15 bits per heavy atom. The number of benzene rings is 2. The van der Waals surface area contributed by atoms with Crippen LogP contribution in [0.3, 0.4) is 0 Å². The molecule has 1 amide bonds. The van der Waals surface area contributed by atoms with Gasteiger partial charge >= 0.3 is 5.97 Å². The number of amides is 1. The lowest BCUT2D eigenvalue weighted by Crippen LogP contribution is -2.28. The number of hydrogen-bond acceptors (Lipinski definition) is 9. The number of aromatic nitrogens is 1. The average Bonchev–Trinajstić information content (AvgIpc) is 3.67. The minimum absolute atomic E-state index is 0.153. The van der Waals surface area contributed by atoms with Gasteiger partial charge < -0.3 is 23.4 Å². The maximum absolute atomic E-state index is 14.5. The van der Waals surface area contributed by atoms with Crippen molar-refractivity contribution in [2.75, 3.05) is 7.11 Å². The van der Waals surface area contributed by atoms with Crippen LogP contribution in [-0.4, -0.2) is 39.1 Å². The normalized spacial score (nSPS) is 14.8. The molecule has 1 aliphatic heterocycles. The number of thioether (sulfide) groups is 1. The molecule has 0 aliphatic carbocycles. The second-order valence-electron chi connectivity index (χ2n) is 7.87. The summed E-state index contributed by atoms with van der Waals surface area (Å²) in [6, 6.07) is 8.26. The van der Waals surface area contributed by atoms with E-state index in [9.17, 15) is 22.8 Å². The SMILES string of the molecule is COc1c(OCc2ccc(C(=O)O)o2)cccc1C1SC(c2cnco2)=NN1C(=O)c1c(F)cc(F)cc1F. The summed E-state index contributed by atoms with van der Waals surface area (Å²) in [7, 11) is 1.35. The fraction of sp³-hybridized carbons (Fsp3) is 0.120. The van der Waals surface area contributed by atoms with Crippen LogP contribution < -0.4 is 9.47 Å². The van der Waals surface area contributed by atoms with Gasteiger partial charge in [0.05, 0.1) is 13.3 Å². The highest BCUT2D eigenvalue weighted by Gasteiger charge is 2.39. The molecular formula is C25H16F3N3O7S. The Kier molecular flexibility index (Phi) is 7.02. The van der Waals surface area contributed by atoms with Crippen molar-refractivity contribution in [2.45, 2.75) is 12.0 Å². The molecule has 4 aromatic rings. The molecule has 0 spiro atoms. The molecule has 2 aromatic heterocycles. The summed E-state index contributed by atoms with van der Waals surface area (Å²) in [5.74, 6) is -5.87. The number of carboxylic acid groups (broad SMARTS) is 1. The molecule has 39 heavy (non-hydrogen) atoms. The molecule has 14 heteroatoms. The lowest BCUT2D eigenvalue weighted by atomic mass is 10.1. The maximum Gasteiger partial charge on any atom is 0.371 e. The van der Waals surface area contributed by atoms with Crippen LogP contribution in [0.15, 0.2) is 69.0 Å². The molecule has 1 unspecified atom stereocenters. The van der Waals surface area contributed by atoms with Gasteiger partial charge in [-0.1, -0.05) is 23.9 Å². The predicted molar refractivity (Wildman–Crippen MR) is 129 cm³/mol. The standard InChI is InChI=1S/C25H16F3N3O7S/c1-35-21-14(3-2-4-17(21)36-10-13-5-6-18(38-13)25(33)34)24-31(30-22(39-24)19-9-29-11-37-19)23(32)20-15(27)7-12(26)8-16(20)28/h2-9,11,24H,10H2,1H3,(H,33,34). The number of methoxy groups -OCH3 is 1. The number of nitrogens with zero attached hydrogens (tertiary/aromatic N) is 3. The summed E-state index contributed by atoms with van der Waals surface area (Å²) < 4.78 is 64.4. The van der Waals surface area contributed by atoms with E-state index in [2.05, 4.69) is 10.1 Å². The molecular weight excluding hydrogens is 543 g/mol. The molecule has 200 valence electrons. The summed E-state index contributed by atoms with van der Waals surface area (Å²) >= 11 is 1.01. The molecule has 1 atom stereocenters. The van der Waals surface area contributed by atoms with E-state index in [4.69, 9.17) is 23.4 Å². The lowest BCUT2D eigenvalue weighted by Gasteiger charge is -2.24. The summed E-state index contributed by atoms with van der Waals surface area (Å²) in [5.41, 5.74) is -0.664. The van der Waals surface area contributed by atoms with E-state index in [1.54, 1.807) is 18.2 Å². The molecule has 0 saturated carbocycles. The first-order valence-electron chi connectivity index (χ1n) is 11.0. The van der Waals surface area contributed by atoms with Crippen molar-refractivity contribution in [3.63, 3.8) is 0 Å². The van der Waals surface area contributed by atoms with Gasteiger partial charge in [-0.25, -0.2) is 28.0 Å². The molecule has 0 radical (unpaired) electrons. The third-order valence-corrected chi connectivity index (χ3v) is 6.62.